The van der Waals surface area contributed by atoms with E-state index in [0.717, 1.165) is 19.1 Å². The maximum absolute atomic E-state index is 12.2. The van der Waals surface area contributed by atoms with Gasteiger partial charge in [0, 0.05) is 14.0 Å². The minimum absolute atomic E-state index is 0.379. The molecule has 0 heterocycles. The zero-order valence-electron chi connectivity index (χ0n) is 9.36. The van der Waals surface area contributed by atoms with Crippen LogP contribution in [0.3, 0.4) is 0 Å². The average molecular weight is 250 g/mol. The van der Waals surface area contributed by atoms with Gasteiger partial charge in [0.15, 0.2) is 0 Å². The number of carboxylic acids is 1. The standard InChI is InChI=1S/C9H9F3O.C2H4O2/c1-13-8-4-2-3-7(5-6-8)9(10,11)12;1-2(3)4/h2-6,8H,1H3;1H3,(H,3,4). The quantitative estimate of drug-likeness (QED) is 0.778. The molecule has 0 aromatic heterocycles. The van der Waals surface area contributed by atoms with E-state index in [1.54, 1.807) is 6.08 Å². The third-order valence-electron chi connectivity index (χ3n) is 1.64. The fourth-order valence-corrected chi connectivity index (χ4v) is 0.933. The Morgan fingerprint density at radius 3 is 2.35 bits per heavy atom. The summed E-state index contributed by atoms with van der Waals surface area (Å²) in [6, 6.07) is 0. The molecule has 0 aromatic rings. The lowest BCUT2D eigenvalue weighted by Gasteiger charge is -2.06. The van der Waals surface area contributed by atoms with Crippen molar-refractivity contribution in [3.05, 3.63) is 36.0 Å². The van der Waals surface area contributed by atoms with Crippen molar-refractivity contribution < 1.29 is 27.8 Å². The van der Waals surface area contributed by atoms with E-state index in [1.165, 1.54) is 19.3 Å². The normalized spacial score (nSPS) is 18.9. The highest BCUT2D eigenvalue weighted by atomic mass is 19.4. The Bertz CT molecular complexity index is 336. The van der Waals surface area contributed by atoms with Crippen molar-refractivity contribution in [3.8, 4) is 0 Å². The summed E-state index contributed by atoms with van der Waals surface area (Å²) in [5.41, 5.74) is -0.664. The molecule has 0 aliphatic heterocycles. The van der Waals surface area contributed by atoms with Crippen LogP contribution in [-0.2, 0) is 9.53 Å². The Balaban J connectivity index is 0.000000557. The van der Waals surface area contributed by atoms with Crippen molar-refractivity contribution in [2.75, 3.05) is 7.11 Å². The van der Waals surface area contributed by atoms with E-state index in [0.29, 0.717) is 0 Å². The Labute approximate surface area is 96.9 Å². The second-order valence-corrected chi connectivity index (χ2v) is 3.08. The zero-order chi connectivity index (χ0) is 13.5. The van der Waals surface area contributed by atoms with Gasteiger partial charge in [-0.2, -0.15) is 13.2 Å². The first-order chi connectivity index (χ1) is 7.77. The number of rotatable bonds is 1. The zero-order valence-corrected chi connectivity index (χ0v) is 9.36. The number of ether oxygens (including phenoxy) is 1. The fraction of sp³-hybridized carbons (Fsp3) is 0.364. The molecule has 0 amide bonds. The van der Waals surface area contributed by atoms with Crippen LogP contribution in [0, 0.1) is 0 Å². The van der Waals surface area contributed by atoms with Crippen molar-refractivity contribution in [2.24, 2.45) is 0 Å². The smallest absolute Gasteiger partial charge is 0.416 e. The van der Waals surface area contributed by atoms with Crippen molar-refractivity contribution >= 4 is 5.97 Å². The Morgan fingerprint density at radius 2 is 1.94 bits per heavy atom. The number of carboxylic acid groups (broad SMARTS) is 1. The largest absolute Gasteiger partial charge is 0.481 e. The van der Waals surface area contributed by atoms with Crippen molar-refractivity contribution in [2.45, 2.75) is 19.2 Å². The first-order valence-electron chi connectivity index (χ1n) is 4.63. The number of halogens is 3. The summed E-state index contributed by atoms with van der Waals surface area (Å²) in [7, 11) is 1.44. The monoisotopic (exact) mass is 250 g/mol. The molecule has 0 aromatic carbocycles. The van der Waals surface area contributed by atoms with Crippen LogP contribution in [0.15, 0.2) is 36.0 Å². The number of methoxy groups -OCH3 is 1. The van der Waals surface area contributed by atoms with Gasteiger partial charge in [0.25, 0.3) is 5.97 Å². The number of alkyl halides is 3. The third kappa shape index (κ3) is 7.35. The summed E-state index contributed by atoms with van der Waals surface area (Å²) in [5.74, 6) is -0.833. The number of aliphatic carboxylic acids is 1. The van der Waals surface area contributed by atoms with Crippen LogP contribution in [-0.4, -0.2) is 30.5 Å². The minimum atomic E-state index is -4.29. The number of allylic oxidation sites excluding steroid dienone is 4. The van der Waals surface area contributed by atoms with Gasteiger partial charge in [-0.15, -0.1) is 0 Å². The molecule has 0 fully saturated rings. The molecule has 0 radical (unpaired) electrons. The van der Waals surface area contributed by atoms with Gasteiger partial charge >= 0.3 is 6.18 Å². The number of hydrogen-bond donors (Lipinski definition) is 1. The molecule has 0 spiro atoms. The van der Waals surface area contributed by atoms with Gasteiger partial charge in [-0.25, -0.2) is 0 Å². The van der Waals surface area contributed by atoms with Gasteiger partial charge in [-0.1, -0.05) is 30.4 Å². The highest BCUT2D eigenvalue weighted by Gasteiger charge is 2.31. The maximum atomic E-state index is 12.2. The summed E-state index contributed by atoms with van der Waals surface area (Å²) in [4.78, 5) is 9.00. The summed E-state index contributed by atoms with van der Waals surface area (Å²) in [6.07, 6.45) is 1.64. The third-order valence-corrected chi connectivity index (χ3v) is 1.64. The van der Waals surface area contributed by atoms with E-state index in [9.17, 15) is 13.2 Å². The van der Waals surface area contributed by atoms with Gasteiger partial charge in [0.1, 0.15) is 0 Å². The molecule has 1 N–H and O–H groups in total. The predicted molar refractivity (Wildman–Crippen MR) is 56.5 cm³/mol. The van der Waals surface area contributed by atoms with Gasteiger partial charge in [-0.3, -0.25) is 4.79 Å². The Hall–Kier alpha value is -1.56. The van der Waals surface area contributed by atoms with Crippen LogP contribution >= 0.6 is 0 Å². The van der Waals surface area contributed by atoms with E-state index in [2.05, 4.69) is 0 Å². The molecule has 0 saturated heterocycles. The second kappa shape index (κ2) is 6.90. The minimum Gasteiger partial charge on any atom is -0.481 e. The topological polar surface area (TPSA) is 46.5 Å². The molecule has 1 unspecified atom stereocenters. The molecule has 1 aliphatic rings. The second-order valence-electron chi connectivity index (χ2n) is 3.08. The van der Waals surface area contributed by atoms with Crippen LogP contribution in [0.25, 0.3) is 0 Å². The first-order valence-corrected chi connectivity index (χ1v) is 4.63. The van der Waals surface area contributed by atoms with Crippen LogP contribution in [0.2, 0.25) is 0 Å². The molecule has 1 aliphatic carbocycles. The summed E-state index contributed by atoms with van der Waals surface area (Å²) in [5, 5.41) is 7.42. The molecular weight excluding hydrogens is 237 g/mol. The van der Waals surface area contributed by atoms with Gasteiger partial charge in [0.05, 0.1) is 11.7 Å². The molecule has 0 bridgehead atoms. The molecule has 1 rings (SSSR count). The Kier molecular flexibility index (Phi) is 6.27. The predicted octanol–water partition coefficient (Wildman–Crippen LogP) is 2.71. The molecule has 0 saturated carbocycles. The maximum Gasteiger partial charge on any atom is 0.416 e. The van der Waals surface area contributed by atoms with Crippen molar-refractivity contribution in [1.82, 2.24) is 0 Å². The first kappa shape index (κ1) is 15.4. The summed E-state index contributed by atoms with van der Waals surface area (Å²) >= 11 is 0. The lowest BCUT2D eigenvalue weighted by molar-refractivity contribution is -0.134. The Morgan fingerprint density at radius 1 is 1.41 bits per heavy atom. The van der Waals surface area contributed by atoms with Crippen LogP contribution in [0.1, 0.15) is 6.92 Å². The van der Waals surface area contributed by atoms with Crippen molar-refractivity contribution in [1.29, 1.82) is 0 Å². The van der Waals surface area contributed by atoms with Crippen molar-refractivity contribution in [3.63, 3.8) is 0 Å². The molecule has 6 heteroatoms. The highest BCUT2D eigenvalue weighted by Crippen LogP contribution is 2.27. The lowest BCUT2D eigenvalue weighted by Crippen LogP contribution is -2.09. The average Bonchev–Trinajstić information content (AvgIpc) is 2.40. The van der Waals surface area contributed by atoms with Crippen LogP contribution in [0.5, 0.6) is 0 Å². The molecule has 96 valence electrons. The molecular formula is C11H13F3O3. The molecule has 17 heavy (non-hydrogen) atoms. The van der Waals surface area contributed by atoms with Crippen LogP contribution in [0.4, 0.5) is 13.2 Å². The van der Waals surface area contributed by atoms with E-state index in [-0.39, 0.29) is 6.10 Å². The fourth-order valence-electron chi connectivity index (χ4n) is 0.933. The van der Waals surface area contributed by atoms with E-state index >= 15 is 0 Å². The van der Waals surface area contributed by atoms with Gasteiger partial charge < -0.3 is 9.84 Å². The SMILES string of the molecule is CC(=O)O.COC1C=CC=C(C(F)(F)F)C=C1. The molecule has 1 atom stereocenters. The van der Waals surface area contributed by atoms with E-state index < -0.39 is 17.7 Å². The van der Waals surface area contributed by atoms with Gasteiger partial charge in [-0.05, 0) is 0 Å². The highest BCUT2D eigenvalue weighted by molar-refractivity contribution is 5.62. The van der Waals surface area contributed by atoms with E-state index in [4.69, 9.17) is 14.6 Å². The summed E-state index contributed by atoms with van der Waals surface area (Å²) in [6.45, 7) is 1.08. The van der Waals surface area contributed by atoms with E-state index in [1.807, 2.05) is 0 Å². The van der Waals surface area contributed by atoms with Crippen LogP contribution < -0.4 is 0 Å². The molecule has 3 nitrogen and oxygen atoms in total. The lowest BCUT2D eigenvalue weighted by atomic mass is 10.2. The van der Waals surface area contributed by atoms with Gasteiger partial charge in [0.2, 0.25) is 0 Å². The number of hydrogen-bond acceptors (Lipinski definition) is 2. The summed E-state index contributed by atoms with van der Waals surface area (Å²) < 4.78 is 41.3. The number of carbonyl (C=O) groups is 1.